The summed E-state index contributed by atoms with van der Waals surface area (Å²) in [5, 5.41) is 0. The van der Waals surface area contributed by atoms with Gasteiger partial charge in [0, 0.05) is 0 Å². The fraction of sp³-hybridized carbons (Fsp3) is 1.00. The van der Waals surface area contributed by atoms with Gasteiger partial charge in [-0.2, -0.15) is 0 Å². The van der Waals surface area contributed by atoms with E-state index >= 15 is 0 Å². The summed E-state index contributed by atoms with van der Waals surface area (Å²) < 4.78 is 0. The largest absolute Gasteiger partial charge is 0.330 e. The van der Waals surface area contributed by atoms with Crippen molar-refractivity contribution in [2.75, 3.05) is 6.54 Å². The van der Waals surface area contributed by atoms with Crippen molar-refractivity contribution in [3.8, 4) is 0 Å². The third-order valence-electron chi connectivity index (χ3n) is 5.48. The lowest BCUT2D eigenvalue weighted by Crippen LogP contribution is -2.37. The first kappa shape index (κ1) is 13.4. The molecule has 0 saturated heterocycles. The molecule has 1 nitrogen and oxygen atoms in total. The van der Waals surface area contributed by atoms with Gasteiger partial charge in [-0.3, -0.25) is 0 Å². The van der Waals surface area contributed by atoms with Crippen LogP contribution in [0.3, 0.4) is 0 Å². The van der Waals surface area contributed by atoms with E-state index in [2.05, 4.69) is 20.8 Å². The Morgan fingerprint density at radius 3 is 2.06 bits per heavy atom. The molecule has 0 bridgehead atoms. The predicted octanol–water partition coefficient (Wildman–Crippen LogP) is 4.36. The molecule has 2 rings (SSSR count). The first-order valence-electron chi connectivity index (χ1n) is 7.65. The normalized spacial score (nSPS) is 34.9. The van der Waals surface area contributed by atoms with E-state index in [1.165, 1.54) is 51.4 Å². The zero-order valence-corrected chi connectivity index (χ0v) is 12.1. The summed E-state index contributed by atoms with van der Waals surface area (Å²) in [6, 6.07) is 0. The molecule has 2 fully saturated rings. The summed E-state index contributed by atoms with van der Waals surface area (Å²) in [5.74, 6) is 1.99. The van der Waals surface area contributed by atoms with Crippen LogP contribution in [0, 0.1) is 22.7 Å². The second-order valence-corrected chi connectivity index (χ2v) is 7.83. The number of rotatable bonds is 4. The highest BCUT2D eigenvalue weighted by atomic mass is 14.6. The average molecular weight is 237 g/mol. The monoisotopic (exact) mass is 237 g/mol. The Labute approximate surface area is 108 Å². The summed E-state index contributed by atoms with van der Waals surface area (Å²) in [6.07, 6.45) is 11.4. The maximum absolute atomic E-state index is 6.10. The van der Waals surface area contributed by atoms with Crippen LogP contribution in [0.5, 0.6) is 0 Å². The molecule has 0 heterocycles. The fourth-order valence-corrected chi connectivity index (χ4v) is 3.57. The van der Waals surface area contributed by atoms with Crippen LogP contribution in [-0.2, 0) is 0 Å². The number of hydrogen-bond donors (Lipinski definition) is 1. The predicted molar refractivity (Wildman–Crippen MR) is 74.9 cm³/mol. The van der Waals surface area contributed by atoms with Crippen LogP contribution in [0.4, 0.5) is 0 Å². The van der Waals surface area contributed by atoms with Gasteiger partial charge >= 0.3 is 0 Å². The Kier molecular flexibility index (Phi) is 3.87. The van der Waals surface area contributed by atoms with Gasteiger partial charge in [0.15, 0.2) is 0 Å². The van der Waals surface area contributed by atoms with Gasteiger partial charge in [-0.15, -0.1) is 0 Å². The quantitative estimate of drug-likeness (QED) is 0.772. The number of hydrogen-bond acceptors (Lipinski definition) is 1. The molecule has 0 radical (unpaired) electrons. The molecule has 2 aliphatic carbocycles. The van der Waals surface area contributed by atoms with Gasteiger partial charge in [-0.1, -0.05) is 33.6 Å². The highest BCUT2D eigenvalue weighted by Crippen LogP contribution is 2.48. The third-order valence-corrected chi connectivity index (χ3v) is 5.48. The van der Waals surface area contributed by atoms with Crippen LogP contribution >= 0.6 is 0 Å². The lowest BCUT2D eigenvalue weighted by Gasteiger charge is -2.44. The van der Waals surface area contributed by atoms with Crippen LogP contribution in [0.2, 0.25) is 0 Å². The molecule has 2 aliphatic rings. The molecule has 1 heteroatoms. The van der Waals surface area contributed by atoms with E-state index in [1.807, 2.05) is 0 Å². The molecular formula is C16H31N. The van der Waals surface area contributed by atoms with E-state index in [9.17, 15) is 0 Å². The van der Waals surface area contributed by atoms with E-state index in [1.54, 1.807) is 0 Å². The first-order chi connectivity index (χ1) is 7.95. The molecule has 2 N–H and O–H groups in total. The molecule has 0 aliphatic heterocycles. The summed E-state index contributed by atoms with van der Waals surface area (Å²) in [5.41, 5.74) is 7.11. The second kappa shape index (κ2) is 4.91. The van der Waals surface area contributed by atoms with Gasteiger partial charge in [0.25, 0.3) is 0 Å². The van der Waals surface area contributed by atoms with Crippen LogP contribution < -0.4 is 5.73 Å². The minimum absolute atomic E-state index is 0.497. The average Bonchev–Trinajstić information content (AvgIpc) is 3.09. The maximum Gasteiger partial charge on any atom is -0.00205 e. The molecule has 0 atom stereocenters. The van der Waals surface area contributed by atoms with Crippen molar-refractivity contribution in [3.05, 3.63) is 0 Å². The smallest absolute Gasteiger partial charge is 0.00205 e. The van der Waals surface area contributed by atoms with Crippen molar-refractivity contribution < 1.29 is 0 Å². The van der Waals surface area contributed by atoms with Crippen LogP contribution in [-0.4, -0.2) is 6.54 Å². The Balaban J connectivity index is 1.84. The Morgan fingerprint density at radius 2 is 1.65 bits per heavy atom. The Bertz CT molecular complexity index is 239. The van der Waals surface area contributed by atoms with Crippen LogP contribution in [0.15, 0.2) is 0 Å². The summed E-state index contributed by atoms with van der Waals surface area (Å²) >= 11 is 0. The van der Waals surface area contributed by atoms with Crippen molar-refractivity contribution in [1.82, 2.24) is 0 Å². The van der Waals surface area contributed by atoms with Gasteiger partial charge < -0.3 is 5.73 Å². The van der Waals surface area contributed by atoms with E-state index in [0.29, 0.717) is 10.8 Å². The molecule has 100 valence electrons. The summed E-state index contributed by atoms with van der Waals surface area (Å²) in [7, 11) is 0. The van der Waals surface area contributed by atoms with E-state index in [0.717, 1.165) is 18.4 Å². The highest BCUT2D eigenvalue weighted by molar-refractivity contribution is 4.91. The van der Waals surface area contributed by atoms with Crippen molar-refractivity contribution in [3.63, 3.8) is 0 Å². The zero-order chi connectivity index (χ0) is 12.5. The second-order valence-electron chi connectivity index (χ2n) is 7.83. The highest BCUT2D eigenvalue weighted by Gasteiger charge is 2.38. The SMILES string of the molecule is CC(C)(C)C1CCC(CN)(CCC2CC2)CC1. The standard InChI is InChI=1S/C16H31N/c1-15(2,3)14-7-10-16(12-17,11-8-14)9-6-13-4-5-13/h13-14H,4-12,17H2,1-3H3. The van der Waals surface area contributed by atoms with Crippen LogP contribution in [0.1, 0.15) is 72.1 Å². The molecule has 2 saturated carbocycles. The molecule has 0 unspecified atom stereocenters. The Morgan fingerprint density at radius 1 is 1.06 bits per heavy atom. The third kappa shape index (κ3) is 3.47. The maximum atomic E-state index is 6.10. The molecule has 0 aromatic carbocycles. The topological polar surface area (TPSA) is 26.0 Å². The fourth-order valence-electron chi connectivity index (χ4n) is 3.57. The van der Waals surface area contributed by atoms with E-state index in [-0.39, 0.29) is 0 Å². The molecule has 0 aromatic heterocycles. The van der Waals surface area contributed by atoms with Gasteiger partial charge in [-0.05, 0) is 67.7 Å². The number of nitrogens with two attached hydrogens (primary N) is 1. The van der Waals surface area contributed by atoms with Crippen molar-refractivity contribution >= 4 is 0 Å². The molecule has 17 heavy (non-hydrogen) atoms. The summed E-state index contributed by atoms with van der Waals surface area (Å²) in [4.78, 5) is 0. The van der Waals surface area contributed by atoms with Crippen LogP contribution in [0.25, 0.3) is 0 Å². The Hall–Kier alpha value is -0.0400. The van der Waals surface area contributed by atoms with Gasteiger partial charge in [0.2, 0.25) is 0 Å². The van der Waals surface area contributed by atoms with Crippen molar-refractivity contribution in [2.24, 2.45) is 28.4 Å². The van der Waals surface area contributed by atoms with Gasteiger partial charge in [-0.25, -0.2) is 0 Å². The van der Waals surface area contributed by atoms with Crippen molar-refractivity contribution in [2.45, 2.75) is 72.1 Å². The molecule has 0 amide bonds. The minimum Gasteiger partial charge on any atom is -0.330 e. The first-order valence-corrected chi connectivity index (χ1v) is 7.65. The van der Waals surface area contributed by atoms with E-state index < -0.39 is 0 Å². The zero-order valence-electron chi connectivity index (χ0n) is 12.1. The lowest BCUT2D eigenvalue weighted by atomic mass is 9.62. The summed E-state index contributed by atoms with van der Waals surface area (Å²) in [6.45, 7) is 8.13. The molecular weight excluding hydrogens is 206 g/mol. The van der Waals surface area contributed by atoms with Gasteiger partial charge in [0.05, 0.1) is 0 Å². The van der Waals surface area contributed by atoms with Crippen molar-refractivity contribution in [1.29, 1.82) is 0 Å². The van der Waals surface area contributed by atoms with E-state index in [4.69, 9.17) is 5.73 Å². The molecule has 0 spiro atoms. The van der Waals surface area contributed by atoms with Gasteiger partial charge in [0.1, 0.15) is 0 Å². The minimum atomic E-state index is 0.497. The molecule has 0 aromatic rings. The lowest BCUT2D eigenvalue weighted by molar-refractivity contribution is 0.0835.